The number of pyridine rings is 1. The van der Waals surface area contributed by atoms with E-state index in [1.54, 1.807) is 11.3 Å². The van der Waals surface area contributed by atoms with Crippen LogP contribution >= 0.6 is 11.3 Å². The van der Waals surface area contributed by atoms with Crippen LogP contribution in [0.15, 0.2) is 101 Å². The molecule has 0 aliphatic heterocycles. The van der Waals surface area contributed by atoms with Gasteiger partial charge in [0.1, 0.15) is 0 Å². The number of nitrogens with one attached hydrogen (secondary N) is 1. The summed E-state index contributed by atoms with van der Waals surface area (Å²) in [5.41, 5.74) is 5.79. The second kappa shape index (κ2) is 7.97. The number of H-pyrrole nitrogens is 1. The first-order chi connectivity index (χ1) is 14.8. The summed E-state index contributed by atoms with van der Waals surface area (Å²) in [7, 11) is 0. The molecule has 5 rings (SSSR count). The fourth-order valence-electron chi connectivity index (χ4n) is 3.75. The standard InChI is InChI=1S/C27H19NOS/c29-27-26(24-14-7-17-30-24)25(22-12-4-5-13-23(22)28-27)21-11-6-10-20(18-21)16-15-19-8-2-1-3-9-19/h1-18H,(H,28,29)/b16-15+. The van der Waals surface area contributed by atoms with E-state index in [-0.39, 0.29) is 5.56 Å². The predicted octanol–water partition coefficient (Wildman–Crippen LogP) is 7.09. The second-order valence-electron chi connectivity index (χ2n) is 7.10. The molecule has 2 heterocycles. The van der Waals surface area contributed by atoms with E-state index in [0.29, 0.717) is 0 Å². The molecular weight excluding hydrogens is 386 g/mol. The number of fused-ring (bicyclic) bond motifs is 1. The van der Waals surface area contributed by atoms with E-state index in [1.807, 2.05) is 60.0 Å². The van der Waals surface area contributed by atoms with Crippen molar-refractivity contribution in [2.24, 2.45) is 0 Å². The van der Waals surface area contributed by atoms with Crippen molar-refractivity contribution in [2.75, 3.05) is 0 Å². The smallest absolute Gasteiger partial charge is 0.257 e. The minimum Gasteiger partial charge on any atom is -0.321 e. The van der Waals surface area contributed by atoms with Gasteiger partial charge in [-0.15, -0.1) is 11.3 Å². The molecule has 0 fully saturated rings. The molecule has 0 aliphatic rings. The van der Waals surface area contributed by atoms with Crippen molar-refractivity contribution >= 4 is 34.4 Å². The SMILES string of the molecule is O=c1[nH]c2ccccc2c(-c2cccc(/C=C/c3ccccc3)c2)c1-c1cccs1. The Balaban J connectivity index is 1.71. The maximum Gasteiger partial charge on any atom is 0.257 e. The lowest BCUT2D eigenvalue weighted by Crippen LogP contribution is -2.10. The highest BCUT2D eigenvalue weighted by molar-refractivity contribution is 7.13. The lowest BCUT2D eigenvalue weighted by Gasteiger charge is -2.13. The van der Waals surface area contributed by atoms with Gasteiger partial charge in [0.25, 0.3) is 5.56 Å². The average Bonchev–Trinajstić information content (AvgIpc) is 3.32. The molecule has 144 valence electrons. The molecule has 5 aromatic rings. The van der Waals surface area contributed by atoms with Crippen LogP contribution in [0.25, 0.3) is 44.6 Å². The van der Waals surface area contributed by atoms with Crippen LogP contribution < -0.4 is 5.56 Å². The number of aromatic nitrogens is 1. The van der Waals surface area contributed by atoms with Gasteiger partial charge in [0, 0.05) is 21.3 Å². The van der Waals surface area contributed by atoms with Crippen molar-refractivity contribution in [1.29, 1.82) is 0 Å². The van der Waals surface area contributed by atoms with Gasteiger partial charge in [0.15, 0.2) is 0 Å². The first-order valence-electron chi connectivity index (χ1n) is 9.82. The molecule has 0 aliphatic carbocycles. The number of para-hydroxylation sites is 1. The summed E-state index contributed by atoms with van der Waals surface area (Å²) >= 11 is 1.59. The fourth-order valence-corrected chi connectivity index (χ4v) is 4.53. The van der Waals surface area contributed by atoms with Crippen molar-refractivity contribution in [3.05, 3.63) is 118 Å². The molecule has 0 saturated carbocycles. The summed E-state index contributed by atoms with van der Waals surface area (Å²) in [6, 6.07) is 30.6. The van der Waals surface area contributed by atoms with Crippen molar-refractivity contribution in [1.82, 2.24) is 4.98 Å². The van der Waals surface area contributed by atoms with Crippen LogP contribution in [0, 0.1) is 0 Å². The zero-order valence-corrected chi connectivity index (χ0v) is 17.0. The summed E-state index contributed by atoms with van der Waals surface area (Å²) in [4.78, 5) is 17.1. The predicted molar refractivity (Wildman–Crippen MR) is 129 cm³/mol. The molecule has 0 radical (unpaired) electrons. The maximum absolute atomic E-state index is 13.1. The molecule has 3 aromatic carbocycles. The van der Waals surface area contributed by atoms with Crippen molar-refractivity contribution in [3.8, 4) is 21.6 Å². The van der Waals surface area contributed by atoms with Gasteiger partial charge in [-0.3, -0.25) is 4.79 Å². The van der Waals surface area contributed by atoms with Crippen LogP contribution in [0.2, 0.25) is 0 Å². The van der Waals surface area contributed by atoms with Gasteiger partial charge < -0.3 is 4.98 Å². The highest BCUT2D eigenvalue weighted by atomic mass is 32.1. The number of thiophene rings is 1. The van der Waals surface area contributed by atoms with Crippen LogP contribution in [-0.2, 0) is 0 Å². The molecule has 0 unspecified atom stereocenters. The summed E-state index contributed by atoms with van der Waals surface area (Å²) in [6.07, 6.45) is 4.22. The van der Waals surface area contributed by atoms with Gasteiger partial charge in [0.05, 0.1) is 5.56 Å². The molecular formula is C27H19NOS. The van der Waals surface area contributed by atoms with Crippen LogP contribution in [0.1, 0.15) is 11.1 Å². The first kappa shape index (κ1) is 18.3. The Bertz CT molecular complexity index is 1400. The van der Waals surface area contributed by atoms with Gasteiger partial charge in [-0.25, -0.2) is 0 Å². The minimum atomic E-state index is -0.0589. The lowest BCUT2D eigenvalue weighted by atomic mass is 9.94. The van der Waals surface area contributed by atoms with Crippen molar-refractivity contribution < 1.29 is 0 Å². The van der Waals surface area contributed by atoms with E-state index in [9.17, 15) is 4.79 Å². The van der Waals surface area contributed by atoms with E-state index in [0.717, 1.165) is 43.6 Å². The third-order valence-electron chi connectivity index (χ3n) is 5.13. The Kier molecular flexibility index (Phi) is 4.88. The Morgan fingerprint density at radius 2 is 1.47 bits per heavy atom. The minimum absolute atomic E-state index is 0.0589. The van der Waals surface area contributed by atoms with E-state index >= 15 is 0 Å². The quantitative estimate of drug-likeness (QED) is 0.318. The molecule has 0 amide bonds. The van der Waals surface area contributed by atoms with Crippen LogP contribution in [-0.4, -0.2) is 4.98 Å². The molecule has 0 saturated heterocycles. The molecule has 0 atom stereocenters. The summed E-state index contributed by atoms with van der Waals surface area (Å²) in [6.45, 7) is 0. The molecule has 2 aromatic heterocycles. The Morgan fingerprint density at radius 3 is 2.30 bits per heavy atom. The maximum atomic E-state index is 13.1. The highest BCUT2D eigenvalue weighted by Crippen LogP contribution is 2.37. The molecule has 0 bridgehead atoms. The molecule has 3 heteroatoms. The Labute approximate surface area is 178 Å². The van der Waals surface area contributed by atoms with Gasteiger partial charge in [0.2, 0.25) is 0 Å². The largest absolute Gasteiger partial charge is 0.321 e. The van der Waals surface area contributed by atoms with Crippen LogP contribution in [0.4, 0.5) is 0 Å². The molecule has 0 spiro atoms. The number of rotatable bonds is 4. The lowest BCUT2D eigenvalue weighted by molar-refractivity contribution is 1.31. The average molecular weight is 406 g/mol. The second-order valence-corrected chi connectivity index (χ2v) is 8.04. The van der Waals surface area contributed by atoms with Crippen LogP contribution in [0.5, 0.6) is 0 Å². The number of hydrogen-bond donors (Lipinski definition) is 1. The van der Waals surface area contributed by atoms with E-state index < -0.39 is 0 Å². The van der Waals surface area contributed by atoms with Gasteiger partial charge in [-0.05, 0) is 40.3 Å². The van der Waals surface area contributed by atoms with Crippen molar-refractivity contribution in [3.63, 3.8) is 0 Å². The molecule has 2 nitrogen and oxygen atoms in total. The van der Waals surface area contributed by atoms with Gasteiger partial charge >= 0.3 is 0 Å². The fraction of sp³-hybridized carbons (Fsp3) is 0. The topological polar surface area (TPSA) is 32.9 Å². The Morgan fingerprint density at radius 1 is 0.700 bits per heavy atom. The first-order valence-corrected chi connectivity index (χ1v) is 10.7. The van der Waals surface area contributed by atoms with Gasteiger partial charge in [-0.1, -0.05) is 84.9 Å². The summed E-state index contributed by atoms with van der Waals surface area (Å²) in [5.74, 6) is 0. The number of aromatic amines is 1. The Hall–Kier alpha value is -3.69. The summed E-state index contributed by atoms with van der Waals surface area (Å²) < 4.78 is 0. The third kappa shape index (κ3) is 3.51. The molecule has 30 heavy (non-hydrogen) atoms. The van der Waals surface area contributed by atoms with E-state index in [4.69, 9.17) is 0 Å². The van der Waals surface area contributed by atoms with E-state index in [2.05, 4.69) is 53.5 Å². The van der Waals surface area contributed by atoms with Gasteiger partial charge in [-0.2, -0.15) is 0 Å². The summed E-state index contributed by atoms with van der Waals surface area (Å²) in [5, 5.41) is 3.05. The monoisotopic (exact) mass is 405 g/mol. The van der Waals surface area contributed by atoms with Crippen LogP contribution in [0.3, 0.4) is 0 Å². The highest BCUT2D eigenvalue weighted by Gasteiger charge is 2.17. The molecule has 1 N–H and O–H groups in total. The number of hydrogen-bond acceptors (Lipinski definition) is 2. The van der Waals surface area contributed by atoms with Crippen molar-refractivity contribution in [2.45, 2.75) is 0 Å². The zero-order valence-electron chi connectivity index (χ0n) is 16.2. The van der Waals surface area contributed by atoms with E-state index in [1.165, 1.54) is 0 Å². The number of benzene rings is 3. The third-order valence-corrected chi connectivity index (χ3v) is 6.02. The zero-order chi connectivity index (χ0) is 20.3. The normalized spacial score (nSPS) is 11.3.